The van der Waals surface area contributed by atoms with Gasteiger partial charge in [-0.05, 0) is 62.6 Å². The van der Waals surface area contributed by atoms with Crippen molar-refractivity contribution in [3.05, 3.63) is 47.5 Å². The molecule has 2 aromatic rings. The van der Waals surface area contributed by atoms with Crippen LogP contribution in [0, 0.1) is 0 Å². The Morgan fingerprint density at radius 2 is 1.76 bits per heavy atom. The van der Waals surface area contributed by atoms with Crippen LogP contribution in [0.3, 0.4) is 0 Å². The summed E-state index contributed by atoms with van der Waals surface area (Å²) in [6.07, 6.45) is 1.19. The molecule has 0 spiro atoms. The number of anilines is 1. The van der Waals surface area contributed by atoms with E-state index >= 15 is 0 Å². The van der Waals surface area contributed by atoms with E-state index in [1.807, 2.05) is 26.0 Å². The average molecular weight is 481 g/mol. The molecule has 0 amide bonds. The fourth-order valence-electron chi connectivity index (χ4n) is 3.08. The Labute approximate surface area is 195 Å². The van der Waals surface area contributed by atoms with Crippen molar-refractivity contribution in [3.63, 3.8) is 0 Å². The molecule has 0 aliphatic heterocycles. The fraction of sp³-hybridized carbons (Fsp3) is 0.435. The van der Waals surface area contributed by atoms with Crippen molar-refractivity contribution >= 4 is 21.7 Å². The summed E-state index contributed by atoms with van der Waals surface area (Å²) in [4.78, 5) is 11.6. The van der Waals surface area contributed by atoms with Crippen LogP contribution in [0.2, 0.25) is 0 Å². The SMILES string of the molecule is COc1ccc(CCNc2ccc(S(=O)(=O)NCCCOC(C)C)cc2C(=O)O)cc1OC. The van der Waals surface area contributed by atoms with Gasteiger partial charge >= 0.3 is 5.97 Å². The summed E-state index contributed by atoms with van der Waals surface area (Å²) in [5, 5.41) is 12.7. The molecule has 0 saturated heterocycles. The van der Waals surface area contributed by atoms with Gasteiger partial charge in [-0.15, -0.1) is 0 Å². The highest BCUT2D eigenvalue weighted by atomic mass is 32.2. The highest BCUT2D eigenvalue weighted by Gasteiger charge is 2.19. The van der Waals surface area contributed by atoms with Crippen LogP contribution in [0.4, 0.5) is 5.69 Å². The van der Waals surface area contributed by atoms with Crippen molar-refractivity contribution < 1.29 is 32.5 Å². The van der Waals surface area contributed by atoms with Crippen molar-refractivity contribution in [1.29, 1.82) is 0 Å². The first-order valence-corrected chi connectivity index (χ1v) is 12.1. The summed E-state index contributed by atoms with van der Waals surface area (Å²) in [6, 6.07) is 9.57. The second kappa shape index (κ2) is 12.4. The highest BCUT2D eigenvalue weighted by Crippen LogP contribution is 2.28. The van der Waals surface area contributed by atoms with E-state index in [4.69, 9.17) is 14.2 Å². The van der Waals surface area contributed by atoms with E-state index in [-0.39, 0.29) is 23.1 Å². The first-order chi connectivity index (χ1) is 15.7. The molecule has 0 unspecified atom stereocenters. The second-order valence-corrected chi connectivity index (χ2v) is 9.32. The normalized spacial score (nSPS) is 11.4. The summed E-state index contributed by atoms with van der Waals surface area (Å²) in [5.41, 5.74) is 1.20. The minimum absolute atomic E-state index is 0.0755. The Hall–Kier alpha value is -2.82. The van der Waals surface area contributed by atoms with Crippen molar-refractivity contribution in [2.45, 2.75) is 37.7 Å². The molecule has 0 fully saturated rings. The number of hydrogen-bond donors (Lipinski definition) is 3. The van der Waals surface area contributed by atoms with Crippen molar-refractivity contribution in [3.8, 4) is 11.5 Å². The first-order valence-electron chi connectivity index (χ1n) is 10.6. The smallest absolute Gasteiger partial charge is 0.337 e. The number of rotatable bonds is 14. The van der Waals surface area contributed by atoms with E-state index < -0.39 is 16.0 Å². The number of hydrogen-bond acceptors (Lipinski definition) is 7. The van der Waals surface area contributed by atoms with Gasteiger partial charge in [-0.2, -0.15) is 0 Å². The molecule has 0 aromatic heterocycles. The number of carbonyl (C=O) groups is 1. The van der Waals surface area contributed by atoms with Gasteiger partial charge in [0.15, 0.2) is 11.5 Å². The van der Waals surface area contributed by atoms with E-state index in [0.717, 1.165) is 11.6 Å². The molecule has 0 heterocycles. The predicted octanol–water partition coefficient (Wildman–Crippen LogP) is 3.15. The molecule has 2 aromatic carbocycles. The first kappa shape index (κ1) is 26.4. The summed E-state index contributed by atoms with van der Waals surface area (Å²) in [6.45, 7) is 4.88. The lowest BCUT2D eigenvalue weighted by atomic mass is 10.1. The molecule has 0 aliphatic carbocycles. The molecule has 0 saturated carbocycles. The molecule has 0 radical (unpaired) electrons. The van der Waals surface area contributed by atoms with Crippen LogP contribution in [0.15, 0.2) is 41.3 Å². The quantitative estimate of drug-likeness (QED) is 0.353. The molecule has 0 aliphatic rings. The van der Waals surface area contributed by atoms with Gasteiger partial charge < -0.3 is 24.6 Å². The lowest BCUT2D eigenvalue weighted by Gasteiger charge is -2.13. The van der Waals surface area contributed by atoms with E-state index in [1.165, 1.54) is 12.1 Å². The molecule has 10 heteroatoms. The van der Waals surface area contributed by atoms with Gasteiger partial charge in [0.1, 0.15) is 0 Å². The maximum atomic E-state index is 12.5. The average Bonchev–Trinajstić information content (AvgIpc) is 2.78. The van der Waals surface area contributed by atoms with E-state index in [1.54, 1.807) is 20.3 Å². The Morgan fingerprint density at radius 3 is 2.39 bits per heavy atom. The Balaban J connectivity index is 2.03. The molecule has 182 valence electrons. The van der Waals surface area contributed by atoms with Crippen LogP contribution >= 0.6 is 0 Å². The van der Waals surface area contributed by atoms with Gasteiger partial charge in [0.25, 0.3) is 0 Å². The number of sulfonamides is 1. The molecule has 9 nitrogen and oxygen atoms in total. The summed E-state index contributed by atoms with van der Waals surface area (Å²) < 4.78 is 43.5. The zero-order valence-corrected chi connectivity index (χ0v) is 20.2. The van der Waals surface area contributed by atoms with Crippen LogP contribution in [0.1, 0.15) is 36.2 Å². The minimum Gasteiger partial charge on any atom is -0.493 e. The third-order valence-corrected chi connectivity index (χ3v) is 6.23. The van der Waals surface area contributed by atoms with Gasteiger partial charge in [0, 0.05) is 25.4 Å². The Kier molecular flexibility index (Phi) is 9.95. The third kappa shape index (κ3) is 7.92. The second-order valence-electron chi connectivity index (χ2n) is 7.55. The number of methoxy groups -OCH3 is 2. The van der Waals surface area contributed by atoms with Gasteiger partial charge in [-0.3, -0.25) is 0 Å². The topological polar surface area (TPSA) is 123 Å². The van der Waals surface area contributed by atoms with Gasteiger partial charge in [-0.1, -0.05) is 6.07 Å². The lowest BCUT2D eigenvalue weighted by molar-refractivity contribution is 0.0697. The van der Waals surface area contributed by atoms with Crippen molar-refractivity contribution in [1.82, 2.24) is 4.72 Å². The lowest BCUT2D eigenvalue weighted by Crippen LogP contribution is -2.26. The third-order valence-electron chi connectivity index (χ3n) is 4.77. The number of ether oxygens (including phenoxy) is 3. The standard InChI is InChI=1S/C23H32N2O7S/c1-16(2)32-13-5-11-25-33(28,29)18-7-8-20(19(15-18)23(26)27)24-12-10-17-6-9-21(30-3)22(14-17)31-4/h6-9,14-16,24-25H,5,10-13H2,1-4H3,(H,26,27). The van der Waals surface area contributed by atoms with Gasteiger partial charge in [0.05, 0.1) is 30.8 Å². The highest BCUT2D eigenvalue weighted by molar-refractivity contribution is 7.89. The number of aromatic carboxylic acids is 1. The van der Waals surface area contributed by atoms with Crippen LogP contribution < -0.4 is 19.5 Å². The van der Waals surface area contributed by atoms with Crippen molar-refractivity contribution in [2.24, 2.45) is 0 Å². The molecule has 33 heavy (non-hydrogen) atoms. The monoisotopic (exact) mass is 480 g/mol. The summed E-state index contributed by atoms with van der Waals surface area (Å²) in [7, 11) is -0.713. The van der Waals surface area contributed by atoms with Crippen LogP contribution in [-0.4, -0.2) is 59.5 Å². The maximum Gasteiger partial charge on any atom is 0.337 e. The maximum absolute atomic E-state index is 12.5. The zero-order valence-electron chi connectivity index (χ0n) is 19.4. The number of carboxylic acids is 1. The van der Waals surface area contributed by atoms with Gasteiger partial charge in [0.2, 0.25) is 10.0 Å². The minimum atomic E-state index is -3.83. The van der Waals surface area contributed by atoms with Crippen LogP contribution in [0.5, 0.6) is 11.5 Å². The van der Waals surface area contributed by atoms with Crippen molar-refractivity contribution in [2.75, 3.05) is 39.2 Å². The fourth-order valence-corrected chi connectivity index (χ4v) is 4.18. The largest absolute Gasteiger partial charge is 0.493 e. The number of carboxylic acid groups (broad SMARTS) is 1. The molecule has 0 atom stereocenters. The zero-order chi connectivity index (χ0) is 24.4. The number of benzene rings is 2. The van der Waals surface area contributed by atoms with E-state index in [0.29, 0.717) is 43.2 Å². The summed E-state index contributed by atoms with van der Waals surface area (Å²) in [5.74, 6) is 0.0188. The molecule has 2 rings (SSSR count). The summed E-state index contributed by atoms with van der Waals surface area (Å²) >= 11 is 0. The van der Waals surface area contributed by atoms with Crippen LogP contribution in [-0.2, 0) is 21.2 Å². The Bertz CT molecular complexity index is 1040. The molecular formula is C23H32N2O7S. The predicted molar refractivity (Wildman–Crippen MR) is 126 cm³/mol. The molecule has 3 N–H and O–H groups in total. The Morgan fingerprint density at radius 1 is 1.03 bits per heavy atom. The van der Waals surface area contributed by atoms with E-state index in [2.05, 4.69) is 10.0 Å². The molecule has 0 bridgehead atoms. The van der Waals surface area contributed by atoms with Crippen LogP contribution in [0.25, 0.3) is 0 Å². The molecular weight excluding hydrogens is 448 g/mol. The van der Waals surface area contributed by atoms with E-state index in [9.17, 15) is 18.3 Å². The number of nitrogens with one attached hydrogen (secondary N) is 2. The van der Waals surface area contributed by atoms with Gasteiger partial charge in [-0.25, -0.2) is 17.9 Å².